The Morgan fingerprint density at radius 1 is 1.17 bits per heavy atom. The molecule has 0 spiro atoms. The van der Waals surface area contributed by atoms with Crippen molar-refractivity contribution in [1.29, 1.82) is 0 Å². The number of benzene rings is 2. The number of hydrogen-bond donors (Lipinski definition) is 2. The molecule has 1 heterocycles. The zero-order valence-electron chi connectivity index (χ0n) is 17.3. The highest BCUT2D eigenvalue weighted by molar-refractivity contribution is 5.94. The quantitative estimate of drug-likeness (QED) is 0.811. The fourth-order valence-corrected chi connectivity index (χ4v) is 3.78. The Kier molecular flexibility index (Phi) is 6.75. The standard InChI is InChI=1S/C23H29N3O3/c1-16(17-9-11-21(29-3)12-10-17)25-22(27)19-7-4-6-18(14-19)20-8-5-13-26(15-20)23(28)24-2/h4,6-7,9-12,14,16,20H,5,8,13,15H2,1-3H3,(H,24,28)(H,25,27)/t16-,20-/m0/s1. The summed E-state index contributed by atoms with van der Waals surface area (Å²) in [7, 11) is 3.29. The van der Waals surface area contributed by atoms with Crippen LogP contribution in [0, 0.1) is 0 Å². The van der Waals surface area contributed by atoms with E-state index in [9.17, 15) is 9.59 Å². The SMILES string of the molecule is CNC(=O)N1CCC[C@H](c2cccc(C(=O)N[C@@H](C)c3ccc(OC)cc3)c2)C1. The first kappa shape index (κ1) is 20.7. The summed E-state index contributed by atoms with van der Waals surface area (Å²) in [6.07, 6.45) is 1.98. The highest BCUT2D eigenvalue weighted by atomic mass is 16.5. The molecule has 2 N–H and O–H groups in total. The van der Waals surface area contributed by atoms with Crippen LogP contribution in [-0.4, -0.2) is 44.1 Å². The topological polar surface area (TPSA) is 70.7 Å². The van der Waals surface area contributed by atoms with Crippen LogP contribution < -0.4 is 15.4 Å². The van der Waals surface area contributed by atoms with E-state index in [2.05, 4.69) is 10.6 Å². The molecule has 3 rings (SSSR count). The minimum atomic E-state index is -0.115. The third-order valence-electron chi connectivity index (χ3n) is 5.51. The van der Waals surface area contributed by atoms with Crippen molar-refractivity contribution in [2.24, 2.45) is 0 Å². The molecule has 154 valence electrons. The highest BCUT2D eigenvalue weighted by Crippen LogP contribution is 2.27. The van der Waals surface area contributed by atoms with Crippen LogP contribution >= 0.6 is 0 Å². The molecule has 29 heavy (non-hydrogen) atoms. The number of carbonyl (C=O) groups excluding carboxylic acids is 2. The van der Waals surface area contributed by atoms with Crippen LogP contribution in [0.1, 0.15) is 53.2 Å². The Hall–Kier alpha value is -3.02. The average Bonchev–Trinajstić information content (AvgIpc) is 2.78. The molecule has 0 bridgehead atoms. The molecule has 0 saturated carbocycles. The molecule has 6 nitrogen and oxygen atoms in total. The van der Waals surface area contributed by atoms with E-state index in [0.29, 0.717) is 12.1 Å². The third kappa shape index (κ3) is 5.08. The van der Waals surface area contributed by atoms with Gasteiger partial charge in [-0.15, -0.1) is 0 Å². The number of hydrogen-bond acceptors (Lipinski definition) is 3. The van der Waals surface area contributed by atoms with E-state index in [1.54, 1.807) is 14.2 Å². The lowest BCUT2D eigenvalue weighted by molar-refractivity contribution is 0.0939. The van der Waals surface area contributed by atoms with Crippen LogP contribution in [-0.2, 0) is 0 Å². The number of urea groups is 1. The van der Waals surface area contributed by atoms with E-state index in [1.807, 2.05) is 60.4 Å². The van der Waals surface area contributed by atoms with Gasteiger partial charge in [-0.05, 0) is 55.2 Å². The number of amides is 3. The summed E-state index contributed by atoms with van der Waals surface area (Å²) in [6, 6.07) is 15.3. The molecule has 1 aliphatic rings. The summed E-state index contributed by atoms with van der Waals surface area (Å²) >= 11 is 0. The second kappa shape index (κ2) is 9.45. The van der Waals surface area contributed by atoms with E-state index in [4.69, 9.17) is 4.74 Å². The maximum absolute atomic E-state index is 12.8. The maximum atomic E-state index is 12.8. The van der Waals surface area contributed by atoms with Gasteiger partial charge >= 0.3 is 6.03 Å². The van der Waals surface area contributed by atoms with Gasteiger partial charge < -0.3 is 20.3 Å². The maximum Gasteiger partial charge on any atom is 0.317 e. The summed E-state index contributed by atoms with van der Waals surface area (Å²) in [5.74, 6) is 0.931. The molecular weight excluding hydrogens is 366 g/mol. The smallest absolute Gasteiger partial charge is 0.317 e. The fourth-order valence-electron chi connectivity index (χ4n) is 3.78. The second-order valence-electron chi connectivity index (χ2n) is 7.43. The minimum Gasteiger partial charge on any atom is -0.497 e. The predicted molar refractivity (Wildman–Crippen MR) is 113 cm³/mol. The van der Waals surface area contributed by atoms with Gasteiger partial charge in [0, 0.05) is 31.6 Å². The van der Waals surface area contributed by atoms with Crippen molar-refractivity contribution in [2.75, 3.05) is 27.2 Å². The lowest BCUT2D eigenvalue weighted by atomic mass is 9.89. The van der Waals surface area contributed by atoms with Crippen LogP contribution in [0.25, 0.3) is 0 Å². The second-order valence-corrected chi connectivity index (χ2v) is 7.43. The van der Waals surface area contributed by atoms with Gasteiger partial charge in [-0.1, -0.05) is 24.3 Å². The Morgan fingerprint density at radius 3 is 2.62 bits per heavy atom. The lowest BCUT2D eigenvalue weighted by Gasteiger charge is -2.32. The Morgan fingerprint density at radius 2 is 1.93 bits per heavy atom. The van der Waals surface area contributed by atoms with Gasteiger partial charge in [0.05, 0.1) is 13.2 Å². The van der Waals surface area contributed by atoms with Gasteiger partial charge in [0.25, 0.3) is 5.91 Å². The molecule has 0 radical (unpaired) electrons. The lowest BCUT2D eigenvalue weighted by Crippen LogP contribution is -2.43. The summed E-state index contributed by atoms with van der Waals surface area (Å²) in [5.41, 5.74) is 2.76. The number of nitrogens with zero attached hydrogens (tertiary/aromatic N) is 1. The van der Waals surface area contributed by atoms with E-state index in [-0.39, 0.29) is 23.9 Å². The first-order valence-corrected chi connectivity index (χ1v) is 10.0. The first-order chi connectivity index (χ1) is 14.0. The number of piperidine rings is 1. The Bertz CT molecular complexity index is 851. The molecule has 2 atom stereocenters. The normalized spacial score (nSPS) is 17.3. The van der Waals surface area contributed by atoms with Crippen LogP contribution in [0.3, 0.4) is 0 Å². The van der Waals surface area contributed by atoms with E-state index >= 15 is 0 Å². The van der Waals surface area contributed by atoms with Gasteiger partial charge in [-0.3, -0.25) is 4.79 Å². The van der Waals surface area contributed by atoms with E-state index in [0.717, 1.165) is 36.3 Å². The molecule has 3 amide bonds. The number of rotatable bonds is 5. The zero-order valence-corrected chi connectivity index (χ0v) is 17.3. The Balaban J connectivity index is 1.68. The molecule has 2 aromatic rings. The number of likely N-dealkylation sites (tertiary alicyclic amines) is 1. The summed E-state index contributed by atoms with van der Waals surface area (Å²) in [6.45, 7) is 3.41. The van der Waals surface area contributed by atoms with Crippen molar-refractivity contribution >= 4 is 11.9 Å². The van der Waals surface area contributed by atoms with Crippen molar-refractivity contribution < 1.29 is 14.3 Å². The number of ether oxygens (including phenoxy) is 1. The summed E-state index contributed by atoms with van der Waals surface area (Å²) in [4.78, 5) is 26.6. The van der Waals surface area contributed by atoms with Crippen LogP contribution in [0.4, 0.5) is 4.79 Å². The fraction of sp³-hybridized carbons (Fsp3) is 0.391. The summed E-state index contributed by atoms with van der Waals surface area (Å²) < 4.78 is 5.18. The third-order valence-corrected chi connectivity index (χ3v) is 5.51. The molecule has 1 saturated heterocycles. The van der Waals surface area contributed by atoms with E-state index in [1.165, 1.54) is 0 Å². The Labute approximate surface area is 172 Å². The number of carbonyl (C=O) groups is 2. The predicted octanol–water partition coefficient (Wildman–Crippen LogP) is 3.71. The molecular formula is C23H29N3O3. The monoisotopic (exact) mass is 395 g/mol. The zero-order chi connectivity index (χ0) is 20.8. The van der Waals surface area contributed by atoms with Crippen molar-refractivity contribution in [3.63, 3.8) is 0 Å². The van der Waals surface area contributed by atoms with Crippen molar-refractivity contribution in [1.82, 2.24) is 15.5 Å². The highest BCUT2D eigenvalue weighted by Gasteiger charge is 2.24. The van der Waals surface area contributed by atoms with Crippen LogP contribution in [0.15, 0.2) is 48.5 Å². The van der Waals surface area contributed by atoms with Gasteiger partial charge in [0.2, 0.25) is 0 Å². The minimum absolute atomic E-state index is 0.0445. The largest absolute Gasteiger partial charge is 0.497 e. The molecule has 1 aliphatic heterocycles. The molecule has 6 heteroatoms. The van der Waals surface area contributed by atoms with Gasteiger partial charge in [0.1, 0.15) is 5.75 Å². The van der Waals surface area contributed by atoms with Gasteiger partial charge in [-0.2, -0.15) is 0 Å². The number of methoxy groups -OCH3 is 1. The average molecular weight is 396 g/mol. The first-order valence-electron chi connectivity index (χ1n) is 10.0. The van der Waals surface area contributed by atoms with Crippen molar-refractivity contribution in [3.05, 3.63) is 65.2 Å². The molecule has 0 aromatic heterocycles. The van der Waals surface area contributed by atoms with Crippen LogP contribution in [0.5, 0.6) is 5.75 Å². The summed E-state index contributed by atoms with van der Waals surface area (Å²) in [5, 5.41) is 5.76. The van der Waals surface area contributed by atoms with E-state index < -0.39 is 0 Å². The number of nitrogens with one attached hydrogen (secondary N) is 2. The van der Waals surface area contributed by atoms with Crippen molar-refractivity contribution in [2.45, 2.75) is 31.7 Å². The molecule has 0 unspecified atom stereocenters. The molecule has 1 fully saturated rings. The van der Waals surface area contributed by atoms with Crippen LogP contribution in [0.2, 0.25) is 0 Å². The van der Waals surface area contributed by atoms with Crippen molar-refractivity contribution in [3.8, 4) is 5.75 Å². The van der Waals surface area contributed by atoms with Gasteiger partial charge in [-0.25, -0.2) is 4.79 Å². The molecule has 0 aliphatic carbocycles. The van der Waals surface area contributed by atoms with Gasteiger partial charge in [0.15, 0.2) is 0 Å². The molecule has 2 aromatic carbocycles.